The van der Waals surface area contributed by atoms with E-state index in [4.69, 9.17) is 9.57 Å². The van der Waals surface area contributed by atoms with E-state index in [1.165, 1.54) is 24.8 Å². The lowest BCUT2D eigenvalue weighted by atomic mass is 9.95. The van der Waals surface area contributed by atoms with Gasteiger partial charge in [0.1, 0.15) is 12.4 Å². The fraction of sp³-hybridized carbons (Fsp3) is 0.647. The third kappa shape index (κ3) is 6.92. The highest BCUT2D eigenvalue weighted by Gasteiger charge is 2.04. The van der Waals surface area contributed by atoms with Crippen LogP contribution < -0.4 is 10.2 Å². The lowest BCUT2D eigenvalue weighted by Crippen LogP contribution is -2.21. The molecule has 0 saturated carbocycles. The van der Waals surface area contributed by atoms with Gasteiger partial charge in [0, 0.05) is 0 Å². The highest BCUT2D eigenvalue weighted by Crippen LogP contribution is 2.18. The highest BCUT2D eigenvalue weighted by atomic mass is 16.6. The topological polar surface area (TPSA) is 30.5 Å². The van der Waals surface area contributed by atoms with Crippen molar-refractivity contribution in [3.8, 4) is 5.75 Å². The molecule has 3 nitrogen and oxygen atoms in total. The number of hydroxylamine groups is 1. The van der Waals surface area contributed by atoms with Crippen molar-refractivity contribution in [2.24, 2.45) is 5.92 Å². The van der Waals surface area contributed by atoms with E-state index >= 15 is 0 Å². The SMILES string of the molecule is CCCONCCOc1ccc(CC(CC)CC)cc1. The van der Waals surface area contributed by atoms with Crippen LogP contribution in [0.2, 0.25) is 0 Å². The normalized spacial score (nSPS) is 11.0. The lowest BCUT2D eigenvalue weighted by Gasteiger charge is -2.13. The van der Waals surface area contributed by atoms with Gasteiger partial charge in [-0.25, -0.2) is 0 Å². The third-order valence-electron chi connectivity index (χ3n) is 3.48. The van der Waals surface area contributed by atoms with E-state index in [1.807, 2.05) is 0 Å². The highest BCUT2D eigenvalue weighted by molar-refractivity contribution is 5.27. The molecule has 0 fully saturated rings. The summed E-state index contributed by atoms with van der Waals surface area (Å²) < 4.78 is 5.66. The maximum Gasteiger partial charge on any atom is 0.119 e. The first-order valence-corrected chi connectivity index (χ1v) is 7.86. The molecule has 0 amide bonds. The molecule has 0 radical (unpaired) electrons. The molecule has 1 aromatic carbocycles. The minimum absolute atomic E-state index is 0.621. The number of hydrogen-bond donors (Lipinski definition) is 1. The zero-order valence-corrected chi connectivity index (χ0v) is 13.2. The van der Waals surface area contributed by atoms with Crippen LogP contribution in [0.25, 0.3) is 0 Å². The van der Waals surface area contributed by atoms with E-state index in [0.717, 1.165) is 24.7 Å². The standard InChI is InChI=1S/C17H29NO2/c1-4-12-20-18-11-13-19-17-9-7-16(8-10-17)14-15(5-2)6-3/h7-10,15,18H,4-6,11-14H2,1-3H3. The summed E-state index contributed by atoms with van der Waals surface area (Å²) in [5.41, 5.74) is 4.28. The van der Waals surface area contributed by atoms with E-state index in [9.17, 15) is 0 Å². The number of ether oxygens (including phenoxy) is 1. The summed E-state index contributed by atoms with van der Waals surface area (Å²) in [7, 11) is 0. The predicted octanol–water partition coefficient (Wildman–Crippen LogP) is 3.98. The van der Waals surface area contributed by atoms with Gasteiger partial charge in [-0.1, -0.05) is 45.7 Å². The van der Waals surface area contributed by atoms with Crippen molar-refractivity contribution in [1.82, 2.24) is 5.48 Å². The van der Waals surface area contributed by atoms with Gasteiger partial charge in [0.15, 0.2) is 0 Å². The molecule has 0 aliphatic rings. The Bertz CT molecular complexity index is 333. The summed E-state index contributed by atoms with van der Waals surface area (Å²) in [5, 5.41) is 0. The van der Waals surface area contributed by atoms with Crippen LogP contribution in [0.3, 0.4) is 0 Å². The molecule has 20 heavy (non-hydrogen) atoms. The summed E-state index contributed by atoms with van der Waals surface area (Å²) in [6, 6.07) is 8.47. The Kier molecular flexibility index (Phi) is 9.09. The zero-order chi connectivity index (χ0) is 14.6. The van der Waals surface area contributed by atoms with Crippen LogP contribution in [-0.4, -0.2) is 19.8 Å². The van der Waals surface area contributed by atoms with Crippen LogP contribution in [0.5, 0.6) is 5.75 Å². The van der Waals surface area contributed by atoms with E-state index in [1.54, 1.807) is 0 Å². The van der Waals surface area contributed by atoms with Crippen molar-refractivity contribution < 1.29 is 9.57 Å². The van der Waals surface area contributed by atoms with Crippen LogP contribution in [0, 0.1) is 5.92 Å². The molecule has 0 spiro atoms. The summed E-state index contributed by atoms with van der Waals surface area (Å²) in [5.74, 6) is 1.72. The van der Waals surface area contributed by atoms with Crippen LogP contribution in [0.4, 0.5) is 0 Å². The van der Waals surface area contributed by atoms with Gasteiger partial charge in [-0.05, 0) is 36.5 Å². The molecule has 0 aliphatic carbocycles. The van der Waals surface area contributed by atoms with Crippen molar-refractivity contribution in [3.05, 3.63) is 29.8 Å². The van der Waals surface area contributed by atoms with E-state index in [2.05, 4.69) is 50.5 Å². The Morgan fingerprint density at radius 2 is 1.70 bits per heavy atom. The molecule has 0 aliphatic heterocycles. The minimum atomic E-state index is 0.621. The van der Waals surface area contributed by atoms with Crippen LogP contribution in [-0.2, 0) is 11.3 Å². The number of hydrogen-bond acceptors (Lipinski definition) is 3. The second-order valence-electron chi connectivity index (χ2n) is 5.12. The van der Waals surface area contributed by atoms with Crippen molar-refractivity contribution in [2.45, 2.75) is 46.5 Å². The van der Waals surface area contributed by atoms with Gasteiger partial charge >= 0.3 is 0 Å². The monoisotopic (exact) mass is 279 g/mol. The smallest absolute Gasteiger partial charge is 0.119 e. The molecule has 3 heteroatoms. The largest absolute Gasteiger partial charge is 0.492 e. The first-order valence-electron chi connectivity index (χ1n) is 7.86. The molecule has 0 heterocycles. The Hall–Kier alpha value is -1.06. The molecule has 1 rings (SSSR count). The van der Waals surface area contributed by atoms with Crippen molar-refractivity contribution in [1.29, 1.82) is 0 Å². The van der Waals surface area contributed by atoms with Gasteiger partial charge in [0.2, 0.25) is 0 Å². The van der Waals surface area contributed by atoms with Crippen LogP contribution in [0.1, 0.15) is 45.6 Å². The van der Waals surface area contributed by atoms with Crippen molar-refractivity contribution >= 4 is 0 Å². The lowest BCUT2D eigenvalue weighted by molar-refractivity contribution is 0.0346. The van der Waals surface area contributed by atoms with Gasteiger partial charge in [-0.15, -0.1) is 0 Å². The molecule has 0 aromatic heterocycles. The molecule has 0 atom stereocenters. The molecular weight excluding hydrogens is 250 g/mol. The average molecular weight is 279 g/mol. The Morgan fingerprint density at radius 3 is 2.30 bits per heavy atom. The number of rotatable bonds is 11. The first kappa shape index (κ1) is 17.0. The van der Waals surface area contributed by atoms with Crippen molar-refractivity contribution in [3.63, 3.8) is 0 Å². The van der Waals surface area contributed by atoms with Crippen molar-refractivity contribution in [2.75, 3.05) is 19.8 Å². The summed E-state index contributed by atoms with van der Waals surface area (Å²) in [4.78, 5) is 5.18. The number of nitrogens with one attached hydrogen (secondary N) is 1. The summed E-state index contributed by atoms with van der Waals surface area (Å²) >= 11 is 0. The second-order valence-corrected chi connectivity index (χ2v) is 5.12. The van der Waals surface area contributed by atoms with Gasteiger partial charge < -0.3 is 9.57 Å². The van der Waals surface area contributed by atoms with E-state index < -0.39 is 0 Å². The zero-order valence-electron chi connectivity index (χ0n) is 13.2. The fourth-order valence-corrected chi connectivity index (χ4v) is 2.09. The first-order chi connectivity index (χ1) is 9.80. The average Bonchev–Trinajstić information content (AvgIpc) is 2.49. The fourth-order valence-electron chi connectivity index (χ4n) is 2.09. The van der Waals surface area contributed by atoms with Gasteiger partial charge in [0.05, 0.1) is 13.2 Å². The predicted molar refractivity (Wildman–Crippen MR) is 84.0 cm³/mol. The molecule has 114 valence electrons. The van der Waals surface area contributed by atoms with Gasteiger partial charge in [-0.2, -0.15) is 5.48 Å². The Labute approximate surface area is 123 Å². The van der Waals surface area contributed by atoms with E-state index in [0.29, 0.717) is 13.2 Å². The maximum absolute atomic E-state index is 5.66. The molecule has 0 saturated heterocycles. The second kappa shape index (κ2) is 10.7. The van der Waals surface area contributed by atoms with Crippen LogP contribution in [0.15, 0.2) is 24.3 Å². The van der Waals surface area contributed by atoms with E-state index in [-0.39, 0.29) is 0 Å². The molecule has 0 bridgehead atoms. The number of benzene rings is 1. The Balaban J connectivity index is 2.24. The van der Waals surface area contributed by atoms with Crippen LogP contribution >= 0.6 is 0 Å². The van der Waals surface area contributed by atoms with Gasteiger partial charge in [0.25, 0.3) is 0 Å². The summed E-state index contributed by atoms with van der Waals surface area (Å²) in [6.07, 6.45) is 4.68. The van der Waals surface area contributed by atoms with Gasteiger partial charge in [-0.3, -0.25) is 0 Å². The summed E-state index contributed by atoms with van der Waals surface area (Å²) in [6.45, 7) is 8.68. The molecular formula is C17H29NO2. The maximum atomic E-state index is 5.66. The molecule has 1 N–H and O–H groups in total. The molecule has 0 unspecified atom stereocenters. The Morgan fingerprint density at radius 1 is 1.00 bits per heavy atom. The molecule has 1 aromatic rings. The minimum Gasteiger partial charge on any atom is -0.492 e. The third-order valence-corrected chi connectivity index (χ3v) is 3.48. The quantitative estimate of drug-likeness (QED) is 0.491.